The van der Waals surface area contributed by atoms with E-state index in [4.69, 9.17) is 0 Å². The van der Waals surface area contributed by atoms with Crippen molar-refractivity contribution in [1.29, 1.82) is 0 Å². The highest BCUT2D eigenvalue weighted by atomic mass is 32.2. The molecule has 2 fully saturated rings. The Morgan fingerprint density at radius 2 is 1.90 bits per heavy atom. The van der Waals surface area contributed by atoms with Crippen molar-refractivity contribution in [3.63, 3.8) is 0 Å². The molecule has 2 saturated heterocycles. The molecule has 2 heterocycles. The Hall–Kier alpha value is -2.24. The summed E-state index contributed by atoms with van der Waals surface area (Å²) in [7, 11) is -3.26. The van der Waals surface area contributed by atoms with Crippen LogP contribution >= 0.6 is 0 Å². The standard InChI is InChI=1S/C18H27N5O5S/c1-29(27,28)19-15-5-4-8-20(13-15)14-18(24)22-11-9-21(10-12-22)16-6-2-3-7-17(16)23(25)26/h2-3,6-7,15,19H,4-5,8-14H2,1H3. The summed E-state index contributed by atoms with van der Waals surface area (Å²) < 4.78 is 25.5. The topological polar surface area (TPSA) is 116 Å². The molecule has 0 saturated carbocycles. The Kier molecular flexibility index (Phi) is 6.70. The van der Waals surface area contributed by atoms with Crippen LogP contribution in [0.2, 0.25) is 0 Å². The number of rotatable bonds is 6. The van der Waals surface area contributed by atoms with Crippen LogP contribution in [0, 0.1) is 10.1 Å². The highest BCUT2D eigenvalue weighted by molar-refractivity contribution is 7.88. The van der Waals surface area contributed by atoms with Gasteiger partial charge in [0.05, 0.1) is 17.7 Å². The van der Waals surface area contributed by atoms with Gasteiger partial charge in [-0.1, -0.05) is 12.1 Å². The van der Waals surface area contributed by atoms with Crippen LogP contribution in [0.25, 0.3) is 0 Å². The Balaban J connectivity index is 1.52. The van der Waals surface area contributed by atoms with E-state index in [1.54, 1.807) is 23.1 Å². The number of anilines is 1. The molecule has 1 aromatic rings. The number of sulfonamides is 1. The number of para-hydroxylation sites is 2. The maximum atomic E-state index is 12.7. The summed E-state index contributed by atoms with van der Waals surface area (Å²) in [6.07, 6.45) is 2.76. The summed E-state index contributed by atoms with van der Waals surface area (Å²) in [5.41, 5.74) is 0.653. The zero-order chi connectivity index (χ0) is 21.0. The lowest BCUT2D eigenvalue weighted by Gasteiger charge is -2.38. The molecule has 1 N–H and O–H groups in total. The molecule has 1 unspecified atom stereocenters. The highest BCUT2D eigenvalue weighted by Gasteiger charge is 2.28. The molecule has 1 amide bonds. The molecular weight excluding hydrogens is 398 g/mol. The summed E-state index contributed by atoms with van der Waals surface area (Å²) in [6.45, 7) is 3.63. The molecular formula is C18H27N5O5S. The van der Waals surface area contributed by atoms with E-state index >= 15 is 0 Å². The number of nitro benzene ring substituents is 1. The van der Waals surface area contributed by atoms with E-state index in [2.05, 4.69) is 4.72 Å². The number of hydrogen-bond donors (Lipinski definition) is 1. The summed E-state index contributed by atoms with van der Waals surface area (Å²) in [5, 5.41) is 11.2. The lowest BCUT2D eigenvalue weighted by molar-refractivity contribution is -0.384. The van der Waals surface area contributed by atoms with Crippen LogP contribution in [0.4, 0.5) is 11.4 Å². The molecule has 1 aromatic carbocycles. The van der Waals surface area contributed by atoms with Crippen molar-refractivity contribution in [2.45, 2.75) is 18.9 Å². The molecule has 2 aliphatic heterocycles. The van der Waals surface area contributed by atoms with Crippen LogP contribution in [-0.2, 0) is 14.8 Å². The van der Waals surface area contributed by atoms with Crippen molar-refractivity contribution < 1.29 is 18.1 Å². The van der Waals surface area contributed by atoms with Gasteiger partial charge in [-0.3, -0.25) is 19.8 Å². The van der Waals surface area contributed by atoms with E-state index in [-0.39, 0.29) is 29.1 Å². The third-order valence-electron chi connectivity index (χ3n) is 5.30. The summed E-state index contributed by atoms with van der Waals surface area (Å²) >= 11 is 0. The van der Waals surface area contributed by atoms with E-state index in [0.717, 1.165) is 25.6 Å². The fourth-order valence-electron chi connectivity index (χ4n) is 3.97. The third kappa shape index (κ3) is 5.87. The maximum absolute atomic E-state index is 12.7. The van der Waals surface area contributed by atoms with E-state index in [9.17, 15) is 23.3 Å². The third-order valence-corrected chi connectivity index (χ3v) is 6.06. The van der Waals surface area contributed by atoms with Gasteiger partial charge >= 0.3 is 0 Å². The fraction of sp³-hybridized carbons (Fsp3) is 0.611. The first-order valence-corrected chi connectivity index (χ1v) is 11.6. The Labute approximate surface area is 170 Å². The van der Waals surface area contributed by atoms with Crippen molar-refractivity contribution in [3.05, 3.63) is 34.4 Å². The normalized spacial score (nSPS) is 21.2. The number of nitrogens with one attached hydrogen (secondary N) is 1. The average molecular weight is 426 g/mol. The summed E-state index contributed by atoms with van der Waals surface area (Å²) in [5.74, 6) is 0.00668. The van der Waals surface area contributed by atoms with Gasteiger partial charge in [0.25, 0.3) is 5.69 Å². The lowest BCUT2D eigenvalue weighted by atomic mass is 10.1. The first-order valence-electron chi connectivity index (χ1n) is 9.69. The Bertz CT molecular complexity index is 854. The van der Waals surface area contributed by atoms with Crippen LogP contribution in [0.1, 0.15) is 12.8 Å². The second-order valence-electron chi connectivity index (χ2n) is 7.58. The SMILES string of the molecule is CS(=O)(=O)NC1CCCN(CC(=O)N2CCN(c3ccccc3[N+](=O)[O-])CC2)C1. The van der Waals surface area contributed by atoms with Gasteiger partial charge in [-0.2, -0.15) is 0 Å². The maximum Gasteiger partial charge on any atom is 0.292 e. The van der Waals surface area contributed by atoms with E-state index in [1.165, 1.54) is 6.07 Å². The minimum absolute atomic E-state index is 0.00668. The number of piperidine rings is 1. The number of likely N-dealkylation sites (tertiary alicyclic amines) is 1. The highest BCUT2D eigenvalue weighted by Crippen LogP contribution is 2.28. The van der Waals surface area contributed by atoms with Crippen LogP contribution in [0.5, 0.6) is 0 Å². The number of piperazine rings is 1. The zero-order valence-electron chi connectivity index (χ0n) is 16.5. The number of hydrogen-bond acceptors (Lipinski definition) is 7. The van der Waals surface area contributed by atoms with Gasteiger partial charge in [-0.05, 0) is 25.5 Å². The van der Waals surface area contributed by atoms with Gasteiger partial charge in [-0.25, -0.2) is 13.1 Å². The number of nitro groups is 1. The molecule has 0 aromatic heterocycles. The first kappa shape index (κ1) is 21.5. The predicted octanol–water partition coefficient (Wildman–Crippen LogP) is 0.257. The lowest BCUT2D eigenvalue weighted by Crippen LogP contribution is -2.54. The number of benzene rings is 1. The van der Waals surface area contributed by atoms with Crippen molar-refractivity contribution in [2.75, 3.05) is 57.0 Å². The minimum atomic E-state index is -3.26. The molecule has 10 nitrogen and oxygen atoms in total. The zero-order valence-corrected chi connectivity index (χ0v) is 17.3. The largest absolute Gasteiger partial charge is 0.362 e. The van der Waals surface area contributed by atoms with Crippen LogP contribution in [-0.4, -0.2) is 87.2 Å². The van der Waals surface area contributed by atoms with Crippen LogP contribution in [0.3, 0.4) is 0 Å². The quantitative estimate of drug-likeness (QED) is 0.513. The number of carbonyl (C=O) groups is 1. The fourth-order valence-corrected chi connectivity index (χ4v) is 4.77. The van der Waals surface area contributed by atoms with Crippen molar-refractivity contribution in [2.24, 2.45) is 0 Å². The predicted molar refractivity (Wildman–Crippen MR) is 109 cm³/mol. The second-order valence-corrected chi connectivity index (χ2v) is 9.36. The molecule has 0 radical (unpaired) electrons. The monoisotopic (exact) mass is 425 g/mol. The van der Waals surface area contributed by atoms with Crippen LogP contribution < -0.4 is 9.62 Å². The smallest absolute Gasteiger partial charge is 0.292 e. The number of amides is 1. The van der Waals surface area contributed by atoms with E-state index in [0.29, 0.717) is 38.4 Å². The average Bonchev–Trinajstić information content (AvgIpc) is 2.67. The van der Waals surface area contributed by atoms with Crippen molar-refractivity contribution in [1.82, 2.24) is 14.5 Å². The molecule has 2 aliphatic rings. The van der Waals surface area contributed by atoms with Gasteiger partial charge in [-0.15, -0.1) is 0 Å². The minimum Gasteiger partial charge on any atom is -0.362 e. The van der Waals surface area contributed by atoms with Gasteiger partial charge in [0.15, 0.2) is 0 Å². The van der Waals surface area contributed by atoms with Gasteiger partial charge in [0, 0.05) is 44.8 Å². The molecule has 1 atom stereocenters. The van der Waals surface area contributed by atoms with Crippen molar-refractivity contribution in [3.8, 4) is 0 Å². The molecule has 0 spiro atoms. The van der Waals surface area contributed by atoms with Gasteiger partial charge < -0.3 is 9.80 Å². The molecule has 11 heteroatoms. The first-order chi connectivity index (χ1) is 13.7. The van der Waals surface area contributed by atoms with Crippen molar-refractivity contribution >= 4 is 27.3 Å². The second kappa shape index (κ2) is 9.06. The molecule has 160 valence electrons. The molecule has 0 aliphatic carbocycles. The number of carbonyl (C=O) groups excluding carboxylic acids is 1. The van der Waals surface area contributed by atoms with E-state index in [1.807, 2.05) is 9.80 Å². The van der Waals surface area contributed by atoms with Gasteiger partial charge in [0.1, 0.15) is 5.69 Å². The molecule has 29 heavy (non-hydrogen) atoms. The Morgan fingerprint density at radius 1 is 1.21 bits per heavy atom. The number of nitrogens with zero attached hydrogens (tertiary/aromatic N) is 4. The summed E-state index contributed by atoms with van der Waals surface area (Å²) in [6, 6.07) is 6.48. The van der Waals surface area contributed by atoms with Crippen LogP contribution in [0.15, 0.2) is 24.3 Å². The molecule has 3 rings (SSSR count). The van der Waals surface area contributed by atoms with E-state index < -0.39 is 10.0 Å². The van der Waals surface area contributed by atoms with Gasteiger partial charge in [0.2, 0.25) is 15.9 Å². The Morgan fingerprint density at radius 3 is 2.55 bits per heavy atom. The summed E-state index contributed by atoms with van der Waals surface area (Å²) in [4.78, 5) is 29.3. The molecule has 0 bridgehead atoms.